The SMILES string of the molecule is CN1CCO[C@@H](CO)C1.OCC(CO)CN1CCNCC1. The van der Waals surface area contributed by atoms with E-state index in [1.54, 1.807) is 0 Å². The second-order valence-electron chi connectivity index (χ2n) is 5.72. The van der Waals surface area contributed by atoms with Gasteiger partial charge in [0, 0.05) is 64.9 Å². The van der Waals surface area contributed by atoms with E-state index >= 15 is 0 Å². The van der Waals surface area contributed by atoms with E-state index in [9.17, 15) is 0 Å². The Hall–Kier alpha value is -0.280. The normalized spacial score (nSPS) is 24.7. The quantitative estimate of drug-likeness (QED) is 0.458. The van der Waals surface area contributed by atoms with Crippen LogP contribution in [0.1, 0.15) is 0 Å². The van der Waals surface area contributed by atoms with Crippen molar-refractivity contribution in [1.82, 2.24) is 15.1 Å². The van der Waals surface area contributed by atoms with Gasteiger partial charge >= 0.3 is 0 Å². The van der Waals surface area contributed by atoms with E-state index in [1.807, 2.05) is 7.05 Å². The van der Waals surface area contributed by atoms with Gasteiger partial charge in [-0.25, -0.2) is 0 Å². The topological polar surface area (TPSA) is 88.4 Å². The summed E-state index contributed by atoms with van der Waals surface area (Å²) in [6.45, 7) is 7.80. The van der Waals surface area contributed by atoms with Crippen molar-refractivity contribution in [3.63, 3.8) is 0 Å². The van der Waals surface area contributed by atoms with Crippen LogP contribution in [0.5, 0.6) is 0 Å². The highest BCUT2D eigenvalue weighted by molar-refractivity contribution is 4.70. The first-order valence-corrected chi connectivity index (χ1v) is 7.75. The summed E-state index contributed by atoms with van der Waals surface area (Å²) in [6, 6.07) is 0. The predicted octanol–water partition coefficient (Wildman–Crippen LogP) is -2.20. The first-order chi connectivity index (χ1) is 10.2. The molecule has 7 heteroatoms. The van der Waals surface area contributed by atoms with Crippen molar-refractivity contribution in [3.8, 4) is 0 Å². The Labute approximate surface area is 127 Å². The van der Waals surface area contributed by atoms with Crippen molar-refractivity contribution in [1.29, 1.82) is 0 Å². The number of rotatable bonds is 5. The van der Waals surface area contributed by atoms with Crippen LogP contribution in [0.25, 0.3) is 0 Å². The maximum absolute atomic E-state index is 8.85. The summed E-state index contributed by atoms with van der Waals surface area (Å²) in [6.07, 6.45) is 0.0451. The molecule has 0 saturated carbocycles. The first kappa shape index (κ1) is 18.8. The molecule has 0 amide bonds. The molecule has 1 atom stereocenters. The maximum atomic E-state index is 8.85. The highest BCUT2D eigenvalue weighted by atomic mass is 16.5. The van der Waals surface area contributed by atoms with Gasteiger partial charge in [0.25, 0.3) is 0 Å². The first-order valence-electron chi connectivity index (χ1n) is 7.75. The average molecular weight is 305 g/mol. The fourth-order valence-corrected chi connectivity index (χ4v) is 2.41. The molecule has 126 valence electrons. The van der Waals surface area contributed by atoms with Crippen LogP contribution in [0.2, 0.25) is 0 Å². The van der Waals surface area contributed by atoms with E-state index in [-0.39, 0.29) is 31.8 Å². The number of hydrogen-bond acceptors (Lipinski definition) is 7. The van der Waals surface area contributed by atoms with Crippen molar-refractivity contribution >= 4 is 0 Å². The molecule has 0 aromatic carbocycles. The summed E-state index contributed by atoms with van der Waals surface area (Å²) in [5, 5.41) is 29.6. The van der Waals surface area contributed by atoms with Crippen molar-refractivity contribution in [3.05, 3.63) is 0 Å². The van der Waals surface area contributed by atoms with E-state index in [1.165, 1.54) is 0 Å². The molecule has 2 aliphatic heterocycles. The van der Waals surface area contributed by atoms with E-state index < -0.39 is 0 Å². The van der Waals surface area contributed by atoms with Gasteiger partial charge < -0.3 is 35.2 Å². The molecule has 0 aromatic rings. The number of aliphatic hydroxyl groups is 3. The monoisotopic (exact) mass is 305 g/mol. The van der Waals surface area contributed by atoms with Gasteiger partial charge in [0.2, 0.25) is 0 Å². The lowest BCUT2D eigenvalue weighted by Gasteiger charge is -2.29. The molecule has 0 bridgehead atoms. The lowest BCUT2D eigenvalue weighted by molar-refractivity contribution is -0.0453. The van der Waals surface area contributed by atoms with Gasteiger partial charge in [-0.2, -0.15) is 0 Å². The molecule has 2 rings (SSSR count). The van der Waals surface area contributed by atoms with Gasteiger partial charge in [-0.15, -0.1) is 0 Å². The van der Waals surface area contributed by atoms with Crippen LogP contribution in [-0.4, -0.2) is 111 Å². The Morgan fingerprint density at radius 1 is 1.14 bits per heavy atom. The molecular weight excluding hydrogens is 274 g/mol. The van der Waals surface area contributed by atoms with Gasteiger partial charge in [-0.1, -0.05) is 0 Å². The van der Waals surface area contributed by atoms with Crippen molar-refractivity contribution < 1.29 is 20.1 Å². The van der Waals surface area contributed by atoms with Crippen LogP contribution in [0.3, 0.4) is 0 Å². The summed E-state index contributed by atoms with van der Waals surface area (Å²) in [5.41, 5.74) is 0. The van der Waals surface area contributed by atoms with Gasteiger partial charge in [-0.05, 0) is 7.05 Å². The number of nitrogens with zero attached hydrogens (tertiary/aromatic N) is 2. The molecular formula is C14H31N3O4. The van der Waals surface area contributed by atoms with Gasteiger partial charge in [0.05, 0.1) is 19.3 Å². The lowest BCUT2D eigenvalue weighted by Crippen LogP contribution is -2.46. The van der Waals surface area contributed by atoms with Crippen LogP contribution in [0.15, 0.2) is 0 Å². The number of ether oxygens (including phenoxy) is 1. The highest BCUT2D eigenvalue weighted by Gasteiger charge is 2.15. The fourth-order valence-electron chi connectivity index (χ4n) is 2.41. The zero-order valence-electron chi connectivity index (χ0n) is 13.1. The summed E-state index contributed by atoms with van der Waals surface area (Å²) >= 11 is 0. The summed E-state index contributed by atoms with van der Waals surface area (Å²) < 4.78 is 5.21. The molecule has 0 spiro atoms. The van der Waals surface area contributed by atoms with Gasteiger partial charge in [-0.3, -0.25) is 0 Å². The predicted molar refractivity (Wildman–Crippen MR) is 81.3 cm³/mol. The minimum atomic E-state index is 0.0306. The second-order valence-corrected chi connectivity index (χ2v) is 5.72. The molecule has 0 aliphatic carbocycles. The van der Waals surface area contributed by atoms with Crippen LogP contribution in [-0.2, 0) is 4.74 Å². The Kier molecular flexibility index (Phi) is 10.1. The minimum Gasteiger partial charge on any atom is -0.396 e. The van der Waals surface area contributed by atoms with Crippen LogP contribution in [0, 0.1) is 5.92 Å². The molecule has 21 heavy (non-hydrogen) atoms. The molecule has 4 N–H and O–H groups in total. The number of morpholine rings is 1. The number of hydrogen-bond donors (Lipinski definition) is 4. The number of piperazine rings is 1. The van der Waals surface area contributed by atoms with E-state index in [0.717, 1.165) is 52.4 Å². The molecule has 2 aliphatic rings. The van der Waals surface area contributed by atoms with Crippen LogP contribution < -0.4 is 5.32 Å². The zero-order chi connectivity index (χ0) is 15.5. The summed E-state index contributed by atoms with van der Waals surface area (Å²) in [4.78, 5) is 4.43. The second kappa shape index (κ2) is 11.3. The third kappa shape index (κ3) is 8.06. The van der Waals surface area contributed by atoms with E-state index in [2.05, 4.69) is 15.1 Å². The largest absolute Gasteiger partial charge is 0.396 e. The van der Waals surface area contributed by atoms with E-state index in [4.69, 9.17) is 20.1 Å². The molecule has 2 fully saturated rings. The highest BCUT2D eigenvalue weighted by Crippen LogP contribution is 2.01. The Morgan fingerprint density at radius 3 is 2.29 bits per heavy atom. The van der Waals surface area contributed by atoms with Gasteiger partial charge in [0.15, 0.2) is 0 Å². The Bertz CT molecular complexity index is 248. The van der Waals surface area contributed by atoms with Gasteiger partial charge in [0.1, 0.15) is 0 Å². The van der Waals surface area contributed by atoms with Crippen LogP contribution >= 0.6 is 0 Å². The standard InChI is InChI=1S/C8H18N2O2.C6H13NO2/c11-6-8(7-12)5-10-3-1-9-2-4-10;1-7-2-3-9-6(4-7)5-8/h8-9,11-12H,1-7H2;6,8H,2-5H2,1H3/t;6-/m.1/s1. The smallest absolute Gasteiger partial charge is 0.0932 e. The summed E-state index contributed by atoms with van der Waals surface area (Å²) in [7, 11) is 2.03. The summed E-state index contributed by atoms with van der Waals surface area (Å²) in [5.74, 6) is 0.0306. The van der Waals surface area contributed by atoms with Crippen LogP contribution in [0.4, 0.5) is 0 Å². The van der Waals surface area contributed by atoms with E-state index in [0.29, 0.717) is 0 Å². The third-order valence-electron chi connectivity index (χ3n) is 3.79. The number of nitrogens with one attached hydrogen (secondary N) is 1. The lowest BCUT2D eigenvalue weighted by atomic mass is 10.1. The molecule has 7 nitrogen and oxygen atoms in total. The molecule has 2 saturated heterocycles. The molecule has 0 unspecified atom stereocenters. The number of likely N-dealkylation sites (N-methyl/N-ethyl adjacent to an activating group) is 1. The Balaban J connectivity index is 0.000000219. The molecule has 2 heterocycles. The Morgan fingerprint density at radius 2 is 1.81 bits per heavy atom. The van der Waals surface area contributed by atoms with Crippen molar-refractivity contribution in [2.24, 2.45) is 5.92 Å². The van der Waals surface area contributed by atoms with Crippen molar-refractivity contribution in [2.45, 2.75) is 6.10 Å². The number of aliphatic hydroxyl groups excluding tert-OH is 3. The maximum Gasteiger partial charge on any atom is 0.0932 e. The molecule has 0 radical (unpaired) electrons. The fraction of sp³-hybridized carbons (Fsp3) is 1.00. The van der Waals surface area contributed by atoms with Crippen molar-refractivity contribution in [2.75, 3.05) is 79.3 Å². The average Bonchev–Trinajstić information content (AvgIpc) is 2.54. The zero-order valence-corrected chi connectivity index (χ0v) is 13.1. The minimum absolute atomic E-state index is 0.0306. The molecule has 0 aromatic heterocycles. The third-order valence-corrected chi connectivity index (χ3v) is 3.79.